The Morgan fingerprint density at radius 3 is 2.89 bits per heavy atom. The third-order valence-corrected chi connectivity index (χ3v) is 4.08. The van der Waals surface area contributed by atoms with Crippen LogP contribution in [0.5, 0.6) is 0 Å². The van der Waals surface area contributed by atoms with Crippen molar-refractivity contribution in [2.75, 3.05) is 31.1 Å². The molecule has 5 heteroatoms. The summed E-state index contributed by atoms with van der Waals surface area (Å²) in [5, 5.41) is 0.775. The highest BCUT2D eigenvalue weighted by atomic mass is 35.5. The van der Waals surface area contributed by atoms with E-state index in [4.69, 9.17) is 17.3 Å². The Labute approximate surface area is 117 Å². The van der Waals surface area contributed by atoms with Gasteiger partial charge in [-0.3, -0.25) is 4.99 Å². The van der Waals surface area contributed by atoms with Gasteiger partial charge in [-0.25, -0.2) is 0 Å². The van der Waals surface area contributed by atoms with Crippen LogP contribution in [0.1, 0.15) is 5.56 Å². The third-order valence-electron chi connectivity index (χ3n) is 2.90. The second-order valence-corrected chi connectivity index (χ2v) is 5.88. The van der Waals surface area contributed by atoms with Gasteiger partial charge in [-0.05, 0) is 24.1 Å². The van der Waals surface area contributed by atoms with Crippen LogP contribution in [0.25, 0.3) is 0 Å². The number of hydrogen-bond acceptors (Lipinski definition) is 2. The van der Waals surface area contributed by atoms with Crippen LogP contribution < -0.4 is 5.73 Å². The van der Waals surface area contributed by atoms with Gasteiger partial charge in [0.2, 0.25) is 0 Å². The second kappa shape index (κ2) is 6.90. The van der Waals surface area contributed by atoms with E-state index >= 15 is 0 Å². The smallest absolute Gasteiger partial charge is 0.191 e. The lowest BCUT2D eigenvalue weighted by atomic mass is 10.1. The van der Waals surface area contributed by atoms with E-state index in [9.17, 15) is 0 Å². The fourth-order valence-corrected chi connectivity index (χ4v) is 3.00. The molecule has 1 aromatic carbocycles. The van der Waals surface area contributed by atoms with Crippen molar-refractivity contribution in [2.24, 2.45) is 10.7 Å². The van der Waals surface area contributed by atoms with E-state index in [1.807, 2.05) is 30.0 Å². The van der Waals surface area contributed by atoms with E-state index in [2.05, 4.69) is 16.0 Å². The van der Waals surface area contributed by atoms with Crippen molar-refractivity contribution >= 4 is 29.3 Å². The van der Waals surface area contributed by atoms with Crippen molar-refractivity contribution in [2.45, 2.75) is 6.42 Å². The van der Waals surface area contributed by atoms with E-state index in [-0.39, 0.29) is 0 Å². The molecule has 2 rings (SSSR count). The molecule has 0 aliphatic carbocycles. The Bertz CT molecular complexity index is 416. The van der Waals surface area contributed by atoms with Crippen molar-refractivity contribution in [1.82, 2.24) is 4.90 Å². The Kier molecular flexibility index (Phi) is 5.20. The molecule has 3 nitrogen and oxygen atoms in total. The van der Waals surface area contributed by atoms with Crippen LogP contribution >= 0.6 is 23.4 Å². The third kappa shape index (κ3) is 4.10. The number of halogens is 1. The molecule has 2 N–H and O–H groups in total. The average molecular weight is 284 g/mol. The first-order chi connectivity index (χ1) is 8.75. The highest BCUT2D eigenvalue weighted by Gasteiger charge is 2.11. The van der Waals surface area contributed by atoms with Crippen LogP contribution in [-0.4, -0.2) is 42.0 Å². The number of nitrogens with two attached hydrogens (primary N) is 1. The summed E-state index contributed by atoms with van der Waals surface area (Å²) in [4.78, 5) is 6.60. The molecule has 1 aliphatic rings. The van der Waals surface area contributed by atoms with Gasteiger partial charge in [-0.1, -0.05) is 23.7 Å². The number of thioether (sulfide) groups is 1. The molecule has 0 saturated carbocycles. The van der Waals surface area contributed by atoms with E-state index < -0.39 is 0 Å². The van der Waals surface area contributed by atoms with Crippen LogP contribution in [-0.2, 0) is 6.42 Å². The van der Waals surface area contributed by atoms with Gasteiger partial charge in [0.15, 0.2) is 5.96 Å². The first kappa shape index (κ1) is 13.6. The molecule has 0 atom stereocenters. The van der Waals surface area contributed by atoms with E-state index in [1.165, 1.54) is 5.56 Å². The zero-order valence-electron chi connectivity index (χ0n) is 10.3. The largest absolute Gasteiger partial charge is 0.370 e. The summed E-state index contributed by atoms with van der Waals surface area (Å²) >= 11 is 7.91. The van der Waals surface area contributed by atoms with Crippen LogP contribution in [0.15, 0.2) is 29.3 Å². The average Bonchev–Trinajstić information content (AvgIpc) is 2.40. The molecule has 1 heterocycles. The van der Waals surface area contributed by atoms with Crippen molar-refractivity contribution in [3.63, 3.8) is 0 Å². The molecule has 98 valence electrons. The molecule has 1 saturated heterocycles. The number of benzene rings is 1. The molecule has 18 heavy (non-hydrogen) atoms. The summed E-state index contributed by atoms with van der Waals surface area (Å²) < 4.78 is 0. The van der Waals surface area contributed by atoms with E-state index in [1.54, 1.807) is 0 Å². The molecular weight excluding hydrogens is 266 g/mol. The van der Waals surface area contributed by atoms with Gasteiger partial charge < -0.3 is 10.6 Å². The van der Waals surface area contributed by atoms with E-state index in [0.717, 1.165) is 42.6 Å². The maximum atomic E-state index is 5.98. The van der Waals surface area contributed by atoms with Gasteiger partial charge in [0.25, 0.3) is 0 Å². The molecule has 0 unspecified atom stereocenters. The lowest BCUT2D eigenvalue weighted by Crippen LogP contribution is -2.42. The number of aliphatic imine (C=N–C) groups is 1. The molecule has 0 radical (unpaired) electrons. The van der Waals surface area contributed by atoms with Gasteiger partial charge in [-0.2, -0.15) is 11.8 Å². The van der Waals surface area contributed by atoms with Gasteiger partial charge in [0.1, 0.15) is 0 Å². The Morgan fingerprint density at radius 2 is 2.17 bits per heavy atom. The molecule has 0 bridgehead atoms. The predicted molar refractivity (Wildman–Crippen MR) is 80.5 cm³/mol. The summed E-state index contributed by atoms with van der Waals surface area (Å²) in [5.74, 6) is 2.96. The standard InChI is InChI=1S/C13H18ClN3S/c14-12-3-1-2-11(10-12)4-5-16-13(15)17-6-8-18-9-7-17/h1-3,10H,4-9H2,(H2,15,16). The summed E-state index contributed by atoms with van der Waals surface area (Å²) in [5.41, 5.74) is 7.19. The second-order valence-electron chi connectivity index (χ2n) is 4.22. The minimum atomic E-state index is 0.678. The highest BCUT2D eigenvalue weighted by Crippen LogP contribution is 2.11. The fraction of sp³-hybridized carbons (Fsp3) is 0.462. The minimum Gasteiger partial charge on any atom is -0.370 e. The van der Waals surface area contributed by atoms with Crippen molar-refractivity contribution in [3.8, 4) is 0 Å². The molecule has 1 fully saturated rings. The topological polar surface area (TPSA) is 41.6 Å². The SMILES string of the molecule is NC(=NCCc1cccc(Cl)c1)N1CCSCC1. The number of guanidine groups is 1. The van der Waals surface area contributed by atoms with Crippen molar-refractivity contribution in [1.29, 1.82) is 0 Å². The van der Waals surface area contributed by atoms with Crippen molar-refractivity contribution < 1.29 is 0 Å². The maximum absolute atomic E-state index is 5.98. The summed E-state index contributed by atoms with van der Waals surface area (Å²) in [6, 6.07) is 7.89. The van der Waals surface area contributed by atoms with Gasteiger partial charge >= 0.3 is 0 Å². The molecule has 0 amide bonds. The quantitative estimate of drug-likeness (QED) is 0.683. The Balaban J connectivity index is 1.83. The van der Waals surface area contributed by atoms with Gasteiger partial charge in [0.05, 0.1) is 0 Å². The maximum Gasteiger partial charge on any atom is 0.191 e. The number of nitrogens with zero attached hydrogens (tertiary/aromatic N) is 2. The molecule has 1 aliphatic heterocycles. The Hall–Kier alpha value is -0.870. The minimum absolute atomic E-state index is 0.678. The molecule has 0 aromatic heterocycles. The summed E-state index contributed by atoms with van der Waals surface area (Å²) in [6.07, 6.45) is 0.879. The lowest BCUT2D eigenvalue weighted by Gasteiger charge is -2.27. The van der Waals surface area contributed by atoms with E-state index in [0.29, 0.717) is 5.96 Å². The van der Waals surface area contributed by atoms with Crippen LogP contribution in [0.2, 0.25) is 5.02 Å². The summed E-state index contributed by atoms with van der Waals surface area (Å²) in [7, 11) is 0. The lowest BCUT2D eigenvalue weighted by molar-refractivity contribution is 0.456. The van der Waals surface area contributed by atoms with Gasteiger partial charge in [-0.15, -0.1) is 0 Å². The molecule has 0 spiro atoms. The van der Waals surface area contributed by atoms with Crippen LogP contribution in [0, 0.1) is 0 Å². The monoisotopic (exact) mass is 283 g/mol. The normalized spacial score (nSPS) is 16.9. The molecule has 1 aromatic rings. The number of rotatable bonds is 3. The number of hydrogen-bond donors (Lipinski definition) is 1. The molecular formula is C13H18ClN3S. The van der Waals surface area contributed by atoms with Crippen LogP contribution in [0.3, 0.4) is 0 Å². The highest BCUT2D eigenvalue weighted by molar-refractivity contribution is 7.99. The van der Waals surface area contributed by atoms with Gasteiger partial charge in [0, 0.05) is 36.2 Å². The first-order valence-electron chi connectivity index (χ1n) is 6.13. The zero-order valence-corrected chi connectivity index (χ0v) is 11.9. The summed E-state index contributed by atoms with van der Waals surface area (Å²) in [6.45, 7) is 2.74. The zero-order chi connectivity index (χ0) is 12.8. The fourth-order valence-electron chi connectivity index (χ4n) is 1.88. The predicted octanol–water partition coefficient (Wildman–Crippen LogP) is 2.25. The van der Waals surface area contributed by atoms with Crippen LogP contribution in [0.4, 0.5) is 0 Å². The van der Waals surface area contributed by atoms with Crippen molar-refractivity contribution in [3.05, 3.63) is 34.9 Å². The Morgan fingerprint density at radius 1 is 1.39 bits per heavy atom. The first-order valence-corrected chi connectivity index (χ1v) is 7.66.